The van der Waals surface area contributed by atoms with Crippen LogP contribution >= 0.6 is 11.6 Å². The number of aromatic nitrogens is 3. The third-order valence-corrected chi connectivity index (χ3v) is 3.80. The lowest BCUT2D eigenvalue weighted by Crippen LogP contribution is -2.15. The highest BCUT2D eigenvalue weighted by molar-refractivity contribution is 6.29. The Morgan fingerprint density at radius 2 is 2.26 bits per heavy atom. The Kier molecular flexibility index (Phi) is 4.66. The van der Waals surface area contributed by atoms with Gasteiger partial charge < -0.3 is 14.5 Å². The van der Waals surface area contributed by atoms with Gasteiger partial charge in [-0.1, -0.05) is 24.9 Å². The molecule has 0 amide bonds. The van der Waals surface area contributed by atoms with Crippen molar-refractivity contribution in [3.05, 3.63) is 41.2 Å². The minimum Gasteiger partial charge on any atom is -0.346 e. The SMILES string of the molecule is CCCC(NC)c1ccn(Cc2ncc(Cl)n2C)c1. The van der Waals surface area contributed by atoms with Crippen molar-refractivity contribution in [3.8, 4) is 0 Å². The molecule has 0 aromatic carbocycles. The monoisotopic (exact) mass is 280 g/mol. The van der Waals surface area contributed by atoms with Gasteiger partial charge in [0.1, 0.15) is 11.0 Å². The first-order valence-electron chi connectivity index (χ1n) is 6.64. The summed E-state index contributed by atoms with van der Waals surface area (Å²) in [6.45, 7) is 2.95. The quantitative estimate of drug-likeness (QED) is 0.883. The van der Waals surface area contributed by atoms with Crippen molar-refractivity contribution in [2.45, 2.75) is 32.4 Å². The third-order valence-electron chi connectivity index (χ3n) is 3.45. The number of nitrogens with zero attached hydrogens (tertiary/aromatic N) is 3. The van der Waals surface area contributed by atoms with E-state index in [1.165, 1.54) is 12.0 Å². The molecule has 104 valence electrons. The number of imidazole rings is 1. The van der Waals surface area contributed by atoms with Crippen LogP contribution in [0.1, 0.15) is 37.2 Å². The summed E-state index contributed by atoms with van der Waals surface area (Å²) < 4.78 is 4.05. The summed E-state index contributed by atoms with van der Waals surface area (Å²) in [5.74, 6) is 0.962. The normalized spacial score (nSPS) is 12.8. The summed E-state index contributed by atoms with van der Waals surface area (Å²) in [7, 11) is 3.94. The predicted molar refractivity (Wildman–Crippen MR) is 78.5 cm³/mol. The zero-order chi connectivity index (χ0) is 13.8. The minimum atomic E-state index is 0.427. The first-order chi connectivity index (χ1) is 9.15. The van der Waals surface area contributed by atoms with Crippen LogP contribution in [0.5, 0.6) is 0 Å². The molecule has 4 nitrogen and oxygen atoms in total. The lowest BCUT2D eigenvalue weighted by Gasteiger charge is -2.13. The van der Waals surface area contributed by atoms with Gasteiger partial charge in [-0.15, -0.1) is 0 Å². The highest BCUT2D eigenvalue weighted by Crippen LogP contribution is 2.19. The topological polar surface area (TPSA) is 34.8 Å². The van der Waals surface area contributed by atoms with Gasteiger partial charge in [-0.3, -0.25) is 0 Å². The Hall–Kier alpha value is -1.26. The van der Waals surface area contributed by atoms with Gasteiger partial charge in [-0.05, 0) is 25.1 Å². The average molecular weight is 281 g/mol. The van der Waals surface area contributed by atoms with E-state index in [2.05, 4.69) is 40.3 Å². The standard InChI is InChI=1S/C14H21ClN4/c1-4-5-12(16-2)11-6-7-19(9-11)10-14-17-8-13(15)18(14)3/h6-9,12,16H,4-5,10H2,1-3H3. The maximum absolute atomic E-state index is 6.00. The van der Waals surface area contributed by atoms with Crippen molar-refractivity contribution in [1.82, 2.24) is 19.4 Å². The minimum absolute atomic E-state index is 0.427. The number of hydrogen-bond donors (Lipinski definition) is 1. The van der Waals surface area contributed by atoms with Crippen molar-refractivity contribution < 1.29 is 0 Å². The van der Waals surface area contributed by atoms with Gasteiger partial charge in [0, 0.05) is 25.5 Å². The molecule has 0 aliphatic heterocycles. The molecule has 1 N–H and O–H groups in total. The largest absolute Gasteiger partial charge is 0.346 e. The van der Waals surface area contributed by atoms with E-state index in [0.29, 0.717) is 11.2 Å². The van der Waals surface area contributed by atoms with E-state index in [-0.39, 0.29) is 0 Å². The molecule has 1 unspecified atom stereocenters. The lowest BCUT2D eigenvalue weighted by atomic mass is 10.1. The van der Waals surface area contributed by atoms with E-state index < -0.39 is 0 Å². The van der Waals surface area contributed by atoms with Gasteiger partial charge in [0.2, 0.25) is 0 Å². The zero-order valence-corrected chi connectivity index (χ0v) is 12.5. The highest BCUT2D eigenvalue weighted by Gasteiger charge is 2.10. The number of nitrogens with one attached hydrogen (secondary N) is 1. The molecule has 0 aliphatic rings. The zero-order valence-electron chi connectivity index (χ0n) is 11.7. The van der Waals surface area contributed by atoms with Gasteiger partial charge in [-0.25, -0.2) is 4.98 Å². The summed E-state index contributed by atoms with van der Waals surface area (Å²) >= 11 is 6.00. The van der Waals surface area contributed by atoms with Crippen LogP contribution in [0.2, 0.25) is 5.15 Å². The summed E-state index contributed by atoms with van der Waals surface area (Å²) in [6.07, 6.45) is 8.28. The van der Waals surface area contributed by atoms with Crippen LogP contribution < -0.4 is 5.32 Å². The van der Waals surface area contributed by atoms with Gasteiger partial charge in [0.15, 0.2) is 0 Å². The maximum Gasteiger partial charge on any atom is 0.129 e. The van der Waals surface area contributed by atoms with Crippen LogP contribution in [0.4, 0.5) is 0 Å². The maximum atomic E-state index is 6.00. The molecular formula is C14H21ClN4. The summed E-state index contributed by atoms with van der Waals surface area (Å²) in [6, 6.07) is 2.60. The molecule has 0 fully saturated rings. The molecule has 1 atom stereocenters. The van der Waals surface area contributed by atoms with Crippen LogP contribution in [0.3, 0.4) is 0 Å². The molecule has 2 heterocycles. The van der Waals surface area contributed by atoms with Crippen LogP contribution in [-0.4, -0.2) is 21.2 Å². The Bertz CT molecular complexity index is 529. The summed E-state index contributed by atoms with van der Waals surface area (Å²) in [4.78, 5) is 4.32. The van der Waals surface area contributed by atoms with Gasteiger partial charge in [-0.2, -0.15) is 0 Å². The fourth-order valence-electron chi connectivity index (χ4n) is 2.26. The Labute approximate surface area is 119 Å². The fourth-order valence-corrected chi connectivity index (χ4v) is 2.41. The molecule has 0 saturated heterocycles. The van der Waals surface area contributed by atoms with Crippen molar-refractivity contribution in [2.75, 3.05) is 7.05 Å². The van der Waals surface area contributed by atoms with Gasteiger partial charge in [0.25, 0.3) is 0 Å². The molecule has 0 saturated carbocycles. The molecule has 0 aliphatic carbocycles. The molecule has 0 bridgehead atoms. The van der Waals surface area contributed by atoms with E-state index in [9.17, 15) is 0 Å². The molecular weight excluding hydrogens is 260 g/mol. The van der Waals surface area contributed by atoms with Crippen molar-refractivity contribution >= 4 is 11.6 Å². The Morgan fingerprint density at radius 3 is 2.84 bits per heavy atom. The Balaban J connectivity index is 2.10. The molecule has 2 aromatic heterocycles. The number of halogens is 1. The molecule has 2 rings (SSSR count). The van der Waals surface area contributed by atoms with Crippen molar-refractivity contribution in [1.29, 1.82) is 0 Å². The summed E-state index contributed by atoms with van der Waals surface area (Å²) in [5.41, 5.74) is 1.32. The van der Waals surface area contributed by atoms with Gasteiger partial charge >= 0.3 is 0 Å². The van der Waals surface area contributed by atoms with Crippen molar-refractivity contribution in [3.63, 3.8) is 0 Å². The Morgan fingerprint density at radius 1 is 1.47 bits per heavy atom. The van der Waals surface area contributed by atoms with E-state index in [4.69, 9.17) is 11.6 Å². The number of hydrogen-bond acceptors (Lipinski definition) is 2. The smallest absolute Gasteiger partial charge is 0.129 e. The average Bonchev–Trinajstić information content (AvgIpc) is 2.98. The first-order valence-corrected chi connectivity index (χ1v) is 7.02. The lowest BCUT2D eigenvalue weighted by molar-refractivity contribution is 0.540. The van der Waals surface area contributed by atoms with Crippen LogP contribution in [0.25, 0.3) is 0 Å². The fraction of sp³-hybridized carbons (Fsp3) is 0.500. The molecule has 2 aromatic rings. The first kappa shape index (κ1) is 14.2. The highest BCUT2D eigenvalue weighted by atomic mass is 35.5. The van der Waals surface area contributed by atoms with E-state index in [1.807, 2.05) is 18.7 Å². The second-order valence-corrected chi connectivity index (χ2v) is 5.19. The number of rotatable bonds is 6. The van der Waals surface area contributed by atoms with Gasteiger partial charge in [0.05, 0.1) is 12.7 Å². The summed E-state index contributed by atoms with van der Waals surface area (Å²) in [5, 5.41) is 4.02. The molecule has 0 spiro atoms. The molecule has 5 heteroatoms. The van der Waals surface area contributed by atoms with Crippen LogP contribution in [0.15, 0.2) is 24.7 Å². The van der Waals surface area contributed by atoms with Crippen molar-refractivity contribution in [2.24, 2.45) is 7.05 Å². The van der Waals surface area contributed by atoms with E-state index in [0.717, 1.165) is 18.8 Å². The van der Waals surface area contributed by atoms with E-state index in [1.54, 1.807) is 6.20 Å². The second kappa shape index (κ2) is 6.26. The third kappa shape index (κ3) is 3.19. The predicted octanol–water partition coefficient (Wildman–Crippen LogP) is 2.98. The van der Waals surface area contributed by atoms with E-state index >= 15 is 0 Å². The van der Waals surface area contributed by atoms with Crippen LogP contribution in [-0.2, 0) is 13.6 Å². The molecule has 0 radical (unpaired) electrons. The van der Waals surface area contributed by atoms with Crippen LogP contribution in [0, 0.1) is 0 Å². The second-order valence-electron chi connectivity index (χ2n) is 4.80. The molecule has 19 heavy (non-hydrogen) atoms.